The molecule has 1 aliphatic carbocycles. The number of carbonyl (C=O) groups is 1. The van der Waals surface area contributed by atoms with Gasteiger partial charge in [0.2, 0.25) is 0 Å². The van der Waals surface area contributed by atoms with Crippen molar-refractivity contribution in [2.75, 3.05) is 10.6 Å². The average Bonchev–Trinajstić information content (AvgIpc) is 3.48. The topological polar surface area (TPSA) is 119 Å². The Labute approximate surface area is 170 Å². The number of halogens is 1. The van der Waals surface area contributed by atoms with E-state index in [0.717, 1.165) is 36.7 Å². The molecule has 1 fully saturated rings. The summed E-state index contributed by atoms with van der Waals surface area (Å²) in [6, 6.07) is 4.44. The number of anilines is 3. The number of amides is 1. The Balaban J connectivity index is 1.91. The van der Waals surface area contributed by atoms with Gasteiger partial charge in [0.05, 0.1) is 5.56 Å². The first-order valence-electron chi connectivity index (χ1n) is 10.00. The Bertz CT molecular complexity index is 881. The van der Waals surface area contributed by atoms with Gasteiger partial charge in [-0.25, -0.2) is 9.37 Å². The van der Waals surface area contributed by atoms with Crippen LogP contribution in [0.15, 0.2) is 24.4 Å². The summed E-state index contributed by atoms with van der Waals surface area (Å²) in [6.07, 6.45) is 4.71. The van der Waals surface area contributed by atoms with Gasteiger partial charge in [-0.1, -0.05) is 13.8 Å². The number of nitrogens with zero attached hydrogens (tertiary/aromatic N) is 2. The van der Waals surface area contributed by atoms with Crippen molar-refractivity contribution >= 4 is 23.2 Å². The van der Waals surface area contributed by atoms with Crippen LogP contribution in [0.25, 0.3) is 0 Å². The molecule has 2 heterocycles. The van der Waals surface area contributed by atoms with Gasteiger partial charge < -0.3 is 22.1 Å². The molecule has 2 aromatic rings. The van der Waals surface area contributed by atoms with Crippen molar-refractivity contribution < 1.29 is 9.18 Å². The monoisotopic (exact) mass is 400 g/mol. The highest BCUT2D eigenvalue weighted by atomic mass is 19.1. The van der Waals surface area contributed by atoms with E-state index in [0.29, 0.717) is 11.8 Å². The summed E-state index contributed by atoms with van der Waals surface area (Å²) in [5.41, 5.74) is 13.2. The standard InChI is InChI=1S/C21H29FN6O/c1-11(2)8-17(12(3)23)27-21-16(22)10-15(19(24)29)20(28-21)26-14-6-7-25-18(9-14)13-4-5-13/h6-7,9-13,17H,4-5,8,23H2,1-3H3,(H2,24,29)(H2,25,26,27,28)/t12-,17+/m0/s1. The number of hydrogen-bond donors (Lipinski definition) is 4. The molecule has 6 N–H and O–H groups in total. The van der Waals surface area contributed by atoms with Crippen LogP contribution in [0.5, 0.6) is 0 Å². The van der Waals surface area contributed by atoms with Crippen molar-refractivity contribution in [3.8, 4) is 0 Å². The van der Waals surface area contributed by atoms with Crippen molar-refractivity contribution in [3.05, 3.63) is 41.5 Å². The third kappa shape index (κ3) is 5.41. The normalized spacial score (nSPS) is 15.8. The highest BCUT2D eigenvalue weighted by molar-refractivity contribution is 5.98. The fourth-order valence-electron chi connectivity index (χ4n) is 3.23. The van der Waals surface area contributed by atoms with Crippen molar-refractivity contribution in [1.82, 2.24) is 9.97 Å². The van der Waals surface area contributed by atoms with E-state index >= 15 is 0 Å². The van der Waals surface area contributed by atoms with Gasteiger partial charge in [0, 0.05) is 35.6 Å². The second-order valence-electron chi connectivity index (χ2n) is 8.19. The molecule has 0 radical (unpaired) electrons. The second-order valence-corrected chi connectivity index (χ2v) is 8.19. The molecule has 0 unspecified atom stereocenters. The SMILES string of the molecule is CC(C)C[C@@H](Nc1nc(Nc2ccnc(C3CC3)c2)c(C(N)=O)cc1F)[C@H](C)N. The predicted molar refractivity (Wildman–Crippen MR) is 113 cm³/mol. The van der Waals surface area contributed by atoms with E-state index in [2.05, 4.69) is 34.4 Å². The zero-order valence-corrected chi connectivity index (χ0v) is 17.1. The van der Waals surface area contributed by atoms with Crippen LogP contribution in [0.1, 0.15) is 62.0 Å². The fraction of sp³-hybridized carbons (Fsp3) is 0.476. The lowest BCUT2D eigenvalue weighted by molar-refractivity contribution is 0.100. The molecule has 29 heavy (non-hydrogen) atoms. The van der Waals surface area contributed by atoms with Crippen molar-refractivity contribution in [2.45, 2.75) is 58.0 Å². The number of aromatic nitrogens is 2. The zero-order chi connectivity index (χ0) is 21.1. The van der Waals surface area contributed by atoms with E-state index in [4.69, 9.17) is 11.5 Å². The van der Waals surface area contributed by atoms with E-state index in [1.807, 2.05) is 13.0 Å². The second kappa shape index (κ2) is 8.73. The molecule has 0 spiro atoms. The minimum Gasteiger partial charge on any atom is -0.365 e. The molecule has 0 bridgehead atoms. The Kier molecular flexibility index (Phi) is 6.32. The Hall–Kier alpha value is -2.74. The van der Waals surface area contributed by atoms with E-state index in [1.54, 1.807) is 12.3 Å². The third-order valence-corrected chi connectivity index (χ3v) is 4.96. The first-order valence-corrected chi connectivity index (χ1v) is 10.00. The maximum absolute atomic E-state index is 14.7. The minimum absolute atomic E-state index is 0.0148. The lowest BCUT2D eigenvalue weighted by atomic mass is 9.99. The Morgan fingerprint density at radius 3 is 2.59 bits per heavy atom. The number of nitrogens with one attached hydrogen (secondary N) is 2. The van der Waals surface area contributed by atoms with Crippen LogP contribution in [0.4, 0.5) is 21.7 Å². The molecule has 8 heteroatoms. The zero-order valence-electron chi connectivity index (χ0n) is 17.1. The Morgan fingerprint density at radius 1 is 1.28 bits per heavy atom. The number of pyridine rings is 2. The van der Waals surface area contributed by atoms with Crippen LogP contribution < -0.4 is 22.1 Å². The predicted octanol–water partition coefficient (Wildman–Crippen LogP) is 3.51. The van der Waals surface area contributed by atoms with Gasteiger partial charge in [-0.05, 0) is 50.3 Å². The molecule has 7 nitrogen and oxygen atoms in total. The van der Waals surface area contributed by atoms with Crippen LogP contribution in [0.2, 0.25) is 0 Å². The summed E-state index contributed by atoms with van der Waals surface area (Å²) in [5, 5.41) is 6.19. The number of nitrogens with two attached hydrogens (primary N) is 2. The summed E-state index contributed by atoms with van der Waals surface area (Å²) in [5.74, 6) is -0.311. The van der Waals surface area contributed by atoms with Gasteiger partial charge >= 0.3 is 0 Å². The smallest absolute Gasteiger partial charge is 0.252 e. The van der Waals surface area contributed by atoms with Crippen LogP contribution in [-0.4, -0.2) is 28.0 Å². The Morgan fingerprint density at radius 2 is 2.00 bits per heavy atom. The molecule has 0 aromatic carbocycles. The summed E-state index contributed by atoms with van der Waals surface area (Å²) >= 11 is 0. The van der Waals surface area contributed by atoms with Crippen LogP contribution in [-0.2, 0) is 0 Å². The number of primary amides is 1. The summed E-state index contributed by atoms with van der Waals surface area (Å²) in [6.45, 7) is 6.01. The molecule has 0 aliphatic heterocycles. The lowest BCUT2D eigenvalue weighted by Crippen LogP contribution is -2.39. The van der Waals surface area contributed by atoms with Gasteiger partial charge in [-0.3, -0.25) is 9.78 Å². The maximum atomic E-state index is 14.7. The van der Waals surface area contributed by atoms with E-state index in [1.165, 1.54) is 0 Å². The van der Waals surface area contributed by atoms with Gasteiger partial charge in [0.25, 0.3) is 5.91 Å². The van der Waals surface area contributed by atoms with Gasteiger partial charge in [-0.15, -0.1) is 0 Å². The maximum Gasteiger partial charge on any atom is 0.252 e. The van der Waals surface area contributed by atoms with E-state index in [-0.39, 0.29) is 29.3 Å². The summed E-state index contributed by atoms with van der Waals surface area (Å²) in [7, 11) is 0. The molecule has 3 rings (SSSR count). The molecule has 2 aromatic heterocycles. The molecule has 1 saturated carbocycles. The number of carbonyl (C=O) groups excluding carboxylic acids is 1. The van der Waals surface area contributed by atoms with Crippen molar-refractivity contribution in [3.63, 3.8) is 0 Å². The first kappa shape index (κ1) is 21.0. The average molecular weight is 401 g/mol. The van der Waals surface area contributed by atoms with E-state index in [9.17, 15) is 9.18 Å². The molecule has 2 atom stereocenters. The summed E-state index contributed by atoms with van der Waals surface area (Å²) < 4.78 is 14.7. The molecule has 1 aliphatic rings. The molecule has 1 amide bonds. The third-order valence-electron chi connectivity index (χ3n) is 4.96. The van der Waals surface area contributed by atoms with Gasteiger partial charge in [-0.2, -0.15) is 0 Å². The number of hydrogen-bond acceptors (Lipinski definition) is 6. The van der Waals surface area contributed by atoms with Crippen LogP contribution in [0.3, 0.4) is 0 Å². The van der Waals surface area contributed by atoms with Crippen LogP contribution >= 0.6 is 0 Å². The first-order chi connectivity index (χ1) is 13.7. The quantitative estimate of drug-likeness (QED) is 0.511. The molecule has 156 valence electrons. The van der Waals surface area contributed by atoms with Crippen molar-refractivity contribution in [1.29, 1.82) is 0 Å². The summed E-state index contributed by atoms with van der Waals surface area (Å²) in [4.78, 5) is 20.6. The highest BCUT2D eigenvalue weighted by Crippen LogP contribution is 2.39. The minimum atomic E-state index is -0.757. The van der Waals surface area contributed by atoms with Gasteiger partial charge in [0.15, 0.2) is 11.6 Å². The molecular formula is C21H29FN6O. The highest BCUT2D eigenvalue weighted by Gasteiger charge is 2.25. The molecule has 0 saturated heterocycles. The van der Waals surface area contributed by atoms with E-state index < -0.39 is 11.7 Å². The van der Waals surface area contributed by atoms with Gasteiger partial charge in [0.1, 0.15) is 5.82 Å². The van der Waals surface area contributed by atoms with Crippen LogP contribution in [0, 0.1) is 11.7 Å². The largest absolute Gasteiger partial charge is 0.365 e. The lowest BCUT2D eigenvalue weighted by Gasteiger charge is -2.25. The van der Waals surface area contributed by atoms with Crippen molar-refractivity contribution in [2.24, 2.45) is 17.4 Å². The molecular weight excluding hydrogens is 371 g/mol. The number of rotatable bonds is 9. The fourth-order valence-corrected chi connectivity index (χ4v) is 3.23.